The SMILES string of the molecule is Cc1ccc(C(C)NC(C)C(C)C)cc1[N+](=O)[O-]. The molecule has 0 fully saturated rings. The van der Waals surface area contributed by atoms with E-state index in [0.29, 0.717) is 17.5 Å². The molecule has 1 N–H and O–H groups in total. The van der Waals surface area contributed by atoms with Crippen LogP contribution in [0.25, 0.3) is 0 Å². The van der Waals surface area contributed by atoms with Crippen LogP contribution in [0.5, 0.6) is 0 Å². The van der Waals surface area contributed by atoms with Crippen molar-refractivity contribution in [1.82, 2.24) is 5.32 Å². The number of hydrogen-bond donors (Lipinski definition) is 1. The fraction of sp³-hybridized carbons (Fsp3) is 0.571. The van der Waals surface area contributed by atoms with Crippen molar-refractivity contribution >= 4 is 5.69 Å². The van der Waals surface area contributed by atoms with Gasteiger partial charge in [-0.1, -0.05) is 26.0 Å². The maximum atomic E-state index is 10.9. The lowest BCUT2D eigenvalue weighted by molar-refractivity contribution is -0.385. The summed E-state index contributed by atoms with van der Waals surface area (Å²) >= 11 is 0. The Hall–Kier alpha value is -1.42. The fourth-order valence-corrected chi connectivity index (χ4v) is 1.78. The largest absolute Gasteiger partial charge is 0.307 e. The Morgan fingerprint density at radius 3 is 2.33 bits per heavy atom. The summed E-state index contributed by atoms with van der Waals surface area (Å²) in [7, 11) is 0. The molecule has 0 aromatic heterocycles. The van der Waals surface area contributed by atoms with Crippen LogP contribution in [0, 0.1) is 23.0 Å². The Labute approximate surface area is 109 Å². The summed E-state index contributed by atoms with van der Waals surface area (Å²) in [6.07, 6.45) is 0. The highest BCUT2D eigenvalue weighted by Crippen LogP contribution is 2.23. The summed E-state index contributed by atoms with van der Waals surface area (Å²) in [6.45, 7) is 10.2. The predicted octanol–water partition coefficient (Wildman–Crippen LogP) is 3.60. The first-order chi connectivity index (χ1) is 8.32. The zero-order valence-corrected chi connectivity index (χ0v) is 11.7. The van der Waals surface area contributed by atoms with Crippen LogP contribution in [0.4, 0.5) is 5.69 Å². The third-order valence-electron chi connectivity index (χ3n) is 3.44. The lowest BCUT2D eigenvalue weighted by Crippen LogP contribution is -2.33. The van der Waals surface area contributed by atoms with Gasteiger partial charge in [0.1, 0.15) is 0 Å². The molecule has 0 saturated carbocycles. The third kappa shape index (κ3) is 3.53. The molecule has 0 bridgehead atoms. The second kappa shape index (κ2) is 5.96. The van der Waals surface area contributed by atoms with Crippen LogP contribution >= 0.6 is 0 Å². The molecule has 0 amide bonds. The maximum absolute atomic E-state index is 10.9. The van der Waals surface area contributed by atoms with Crippen LogP contribution in [-0.2, 0) is 0 Å². The zero-order valence-electron chi connectivity index (χ0n) is 11.7. The number of nitro groups is 1. The Bertz CT molecular complexity index is 430. The van der Waals surface area contributed by atoms with Crippen LogP contribution in [0.15, 0.2) is 18.2 Å². The predicted molar refractivity (Wildman–Crippen MR) is 73.7 cm³/mol. The molecule has 4 heteroatoms. The van der Waals surface area contributed by atoms with Crippen molar-refractivity contribution < 1.29 is 4.92 Å². The molecular weight excluding hydrogens is 228 g/mol. The molecule has 1 aromatic rings. The van der Waals surface area contributed by atoms with Crippen molar-refractivity contribution in [3.63, 3.8) is 0 Å². The number of hydrogen-bond acceptors (Lipinski definition) is 3. The van der Waals surface area contributed by atoms with Crippen molar-refractivity contribution in [1.29, 1.82) is 0 Å². The van der Waals surface area contributed by atoms with Crippen LogP contribution in [0.3, 0.4) is 0 Å². The molecular formula is C14H22N2O2. The number of nitro benzene ring substituents is 1. The standard InChI is InChI=1S/C14H22N2O2/c1-9(2)11(4)15-12(5)13-7-6-10(3)14(8-13)16(17)18/h6-9,11-12,15H,1-5H3. The Morgan fingerprint density at radius 1 is 1.22 bits per heavy atom. The third-order valence-corrected chi connectivity index (χ3v) is 3.44. The fourth-order valence-electron chi connectivity index (χ4n) is 1.78. The monoisotopic (exact) mass is 250 g/mol. The second-order valence-corrected chi connectivity index (χ2v) is 5.22. The van der Waals surface area contributed by atoms with Gasteiger partial charge in [-0.05, 0) is 32.3 Å². The van der Waals surface area contributed by atoms with Gasteiger partial charge in [0, 0.05) is 23.7 Å². The number of nitrogens with one attached hydrogen (secondary N) is 1. The van der Waals surface area contributed by atoms with Gasteiger partial charge in [-0.15, -0.1) is 0 Å². The van der Waals surface area contributed by atoms with E-state index in [2.05, 4.69) is 26.1 Å². The summed E-state index contributed by atoms with van der Waals surface area (Å²) in [6, 6.07) is 5.92. The number of benzene rings is 1. The van der Waals surface area contributed by atoms with Gasteiger partial charge >= 0.3 is 0 Å². The quantitative estimate of drug-likeness (QED) is 0.641. The van der Waals surface area contributed by atoms with Gasteiger partial charge in [0.2, 0.25) is 0 Å². The van der Waals surface area contributed by atoms with Gasteiger partial charge in [-0.25, -0.2) is 0 Å². The van der Waals surface area contributed by atoms with E-state index in [9.17, 15) is 10.1 Å². The average Bonchev–Trinajstić information content (AvgIpc) is 2.28. The van der Waals surface area contributed by atoms with E-state index in [1.165, 1.54) is 0 Å². The molecule has 1 rings (SSSR count). The minimum atomic E-state index is -0.322. The van der Waals surface area contributed by atoms with E-state index in [0.717, 1.165) is 5.56 Å². The molecule has 18 heavy (non-hydrogen) atoms. The Balaban J connectivity index is 2.90. The smallest absolute Gasteiger partial charge is 0.272 e. The van der Waals surface area contributed by atoms with Crippen molar-refractivity contribution in [2.24, 2.45) is 5.92 Å². The van der Waals surface area contributed by atoms with Gasteiger partial charge < -0.3 is 5.32 Å². The summed E-state index contributed by atoms with van der Waals surface area (Å²) < 4.78 is 0. The maximum Gasteiger partial charge on any atom is 0.272 e. The molecule has 0 saturated heterocycles. The second-order valence-electron chi connectivity index (χ2n) is 5.22. The molecule has 2 unspecified atom stereocenters. The van der Waals surface area contributed by atoms with Gasteiger partial charge in [0.25, 0.3) is 5.69 Å². The van der Waals surface area contributed by atoms with Gasteiger partial charge in [0.15, 0.2) is 0 Å². The van der Waals surface area contributed by atoms with Crippen LogP contribution in [0.2, 0.25) is 0 Å². The molecule has 0 aliphatic rings. The first-order valence-corrected chi connectivity index (χ1v) is 6.34. The lowest BCUT2D eigenvalue weighted by atomic mass is 10.0. The number of rotatable bonds is 5. The number of nitrogens with zero attached hydrogens (tertiary/aromatic N) is 1. The van der Waals surface area contributed by atoms with Gasteiger partial charge in [-0.2, -0.15) is 0 Å². The summed E-state index contributed by atoms with van der Waals surface area (Å²) in [5.41, 5.74) is 1.85. The Morgan fingerprint density at radius 2 is 1.83 bits per heavy atom. The molecule has 0 spiro atoms. The molecule has 0 aliphatic heterocycles. The highest BCUT2D eigenvalue weighted by atomic mass is 16.6. The van der Waals surface area contributed by atoms with Crippen molar-refractivity contribution in [3.8, 4) is 0 Å². The normalized spacial score (nSPS) is 14.6. The zero-order chi connectivity index (χ0) is 13.9. The van der Waals surface area contributed by atoms with E-state index in [1.54, 1.807) is 13.0 Å². The van der Waals surface area contributed by atoms with E-state index in [1.807, 2.05) is 19.1 Å². The van der Waals surface area contributed by atoms with Crippen LogP contribution < -0.4 is 5.32 Å². The van der Waals surface area contributed by atoms with Crippen molar-refractivity contribution in [2.75, 3.05) is 0 Å². The summed E-state index contributed by atoms with van der Waals surface area (Å²) in [5.74, 6) is 0.535. The van der Waals surface area contributed by atoms with Crippen molar-refractivity contribution in [2.45, 2.75) is 46.7 Å². The molecule has 4 nitrogen and oxygen atoms in total. The van der Waals surface area contributed by atoms with E-state index in [-0.39, 0.29) is 16.7 Å². The minimum Gasteiger partial charge on any atom is -0.307 e. The van der Waals surface area contributed by atoms with Crippen LogP contribution in [0.1, 0.15) is 44.9 Å². The Kier molecular flexibility index (Phi) is 4.84. The van der Waals surface area contributed by atoms with E-state index in [4.69, 9.17) is 0 Å². The van der Waals surface area contributed by atoms with E-state index < -0.39 is 0 Å². The number of aryl methyl sites for hydroxylation is 1. The first kappa shape index (κ1) is 14.6. The molecule has 0 aliphatic carbocycles. The lowest BCUT2D eigenvalue weighted by Gasteiger charge is -2.23. The molecule has 100 valence electrons. The van der Waals surface area contributed by atoms with Crippen molar-refractivity contribution in [3.05, 3.63) is 39.4 Å². The highest BCUT2D eigenvalue weighted by Gasteiger charge is 2.16. The topological polar surface area (TPSA) is 55.2 Å². The molecule has 1 aromatic carbocycles. The highest BCUT2D eigenvalue weighted by molar-refractivity contribution is 5.43. The van der Waals surface area contributed by atoms with E-state index >= 15 is 0 Å². The van der Waals surface area contributed by atoms with Gasteiger partial charge in [-0.3, -0.25) is 10.1 Å². The minimum absolute atomic E-state index is 0.113. The van der Waals surface area contributed by atoms with Gasteiger partial charge in [0.05, 0.1) is 4.92 Å². The first-order valence-electron chi connectivity index (χ1n) is 6.34. The van der Waals surface area contributed by atoms with Crippen LogP contribution in [-0.4, -0.2) is 11.0 Å². The summed E-state index contributed by atoms with van der Waals surface area (Å²) in [4.78, 5) is 10.6. The summed E-state index contributed by atoms with van der Waals surface area (Å²) in [5, 5.41) is 14.4. The molecule has 2 atom stereocenters. The molecule has 0 radical (unpaired) electrons. The average molecular weight is 250 g/mol. The molecule has 0 heterocycles.